The summed E-state index contributed by atoms with van der Waals surface area (Å²) in [7, 11) is 0. The van der Waals surface area contributed by atoms with Gasteiger partial charge in [-0.15, -0.1) is 0 Å². The first kappa shape index (κ1) is 14.1. The molecule has 1 unspecified atom stereocenters. The first-order valence-electron chi connectivity index (χ1n) is 7.62. The lowest BCUT2D eigenvalue weighted by Gasteiger charge is -2.25. The average Bonchev–Trinajstić information content (AvgIpc) is 2.97. The lowest BCUT2D eigenvalue weighted by atomic mass is 9.93. The quantitative estimate of drug-likeness (QED) is 0.886. The van der Waals surface area contributed by atoms with Crippen molar-refractivity contribution in [2.75, 3.05) is 18.5 Å². The maximum atomic E-state index is 5.42. The van der Waals surface area contributed by atoms with Crippen molar-refractivity contribution in [2.45, 2.75) is 32.2 Å². The molecular weight excluding hydrogens is 264 g/mol. The van der Waals surface area contributed by atoms with Gasteiger partial charge in [-0.3, -0.25) is 10.1 Å². The number of pyridine rings is 1. The molecule has 1 atom stereocenters. The Morgan fingerprint density at radius 1 is 1.38 bits per heavy atom. The minimum atomic E-state index is 0.410. The van der Waals surface area contributed by atoms with Crippen LogP contribution in [0.5, 0.6) is 0 Å². The summed E-state index contributed by atoms with van der Waals surface area (Å²) in [5, 5.41) is 10.7. The molecule has 21 heavy (non-hydrogen) atoms. The van der Waals surface area contributed by atoms with Crippen LogP contribution in [0.4, 0.5) is 5.69 Å². The minimum Gasteiger partial charge on any atom is -0.381 e. The van der Waals surface area contributed by atoms with Gasteiger partial charge >= 0.3 is 0 Å². The number of aromatic amines is 1. The molecule has 2 N–H and O–H groups in total. The molecule has 0 saturated carbocycles. The Morgan fingerprint density at radius 2 is 2.24 bits per heavy atom. The molecule has 3 rings (SSSR count). The van der Waals surface area contributed by atoms with E-state index in [4.69, 9.17) is 4.74 Å². The highest BCUT2D eigenvalue weighted by molar-refractivity contribution is 5.71. The fourth-order valence-electron chi connectivity index (χ4n) is 2.91. The SMILES string of the molecule is CC(CC1CCOCC1)Nc1cn[nH]c1-c1ccccn1. The van der Waals surface area contributed by atoms with Crippen molar-refractivity contribution in [2.24, 2.45) is 5.92 Å². The minimum absolute atomic E-state index is 0.410. The Labute approximate surface area is 125 Å². The summed E-state index contributed by atoms with van der Waals surface area (Å²) in [4.78, 5) is 4.38. The van der Waals surface area contributed by atoms with Crippen molar-refractivity contribution >= 4 is 5.69 Å². The molecule has 112 valence electrons. The van der Waals surface area contributed by atoms with E-state index < -0.39 is 0 Å². The van der Waals surface area contributed by atoms with Crippen LogP contribution in [0.3, 0.4) is 0 Å². The van der Waals surface area contributed by atoms with Crippen molar-refractivity contribution in [3.63, 3.8) is 0 Å². The molecule has 0 aliphatic carbocycles. The molecule has 0 radical (unpaired) electrons. The van der Waals surface area contributed by atoms with Gasteiger partial charge in [0, 0.05) is 25.5 Å². The summed E-state index contributed by atoms with van der Waals surface area (Å²) in [5.41, 5.74) is 2.89. The second kappa shape index (κ2) is 6.72. The molecule has 0 amide bonds. The van der Waals surface area contributed by atoms with Gasteiger partial charge in [-0.1, -0.05) is 6.07 Å². The van der Waals surface area contributed by atoms with E-state index in [0.717, 1.165) is 42.6 Å². The van der Waals surface area contributed by atoms with E-state index in [0.29, 0.717) is 6.04 Å². The van der Waals surface area contributed by atoms with E-state index in [9.17, 15) is 0 Å². The standard InChI is InChI=1S/C16H22N4O/c1-12(10-13-5-8-21-9-6-13)19-15-11-18-20-16(15)14-4-2-3-7-17-14/h2-4,7,11-13,19H,5-6,8-10H2,1H3,(H,18,20). The van der Waals surface area contributed by atoms with Crippen molar-refractivity contribution in [3.8, 4) is 11.4 Å². The van der Waals surface area contributed by atoms with Crippen LogP contribution >= 0.6 is 0 Å². The number of rotatable bonds is 5. The Kier molecular flexibility index (Phi) is 4.50. The van der Waals surface area contributed by atoms with Crippen LogP contribution in [0.15, 0.2) is 30.6 Å². The van der Waals surface area contributed by atoms with Crippen LogP contribution in [0, 0.1) is 5.92 Å². The van der Waals surface area contributed by atoms with Gasteiger partial charge in [0.25, 0.3) is 0 Å². The van der Waals surface area contributed by atoms with Gasteiger partial charge in [-0.25, -0.2) is 0 Å². The van der Waals surface area contributed by atoms with Gasteiger partial charge in [0.15, 0.2) is 0 Å². The molecule has 2 aromatic rings. The van der Waals surface area contributed by atoms with Crippen LogP contribution < -0.4 is 5.32 Å². The molecule has 1 aliphatic rings. The molecule has 0 spiro atoms. The van der Waals surface area contributed by atoms with Gasteiger partial charge in [0.05, 0.1) is 17.6 Å². The van der Waals surface area contributed by atoms with Crippen molar-refractivity contribution in [1.29, 1.82) is 0 Å². The number of hydrogen-bond acceptors (Lipinski definition) is 4. The van der Waals surface area contributed by atoms with Crippen LogP contribution in [0.25, 0.3) is 11.4 Å². The van der Waals surface area contributed by atoms with Crippen molar-refractivity contribution in [1.82, 2.24) is 15.2 Å². The zero-order chi connectivity index (χ0) is 14.5. The monoisotopic (exact) mass is 286 g/mol. The number of nitrogens with zero attached hydrogens (tertiary/aromatic N) is 2. The highest BCUT2D eigenvalue weighted by Crippen LogP contribution is 2.26. The predicted octanol–water partition coefficient (Wildman–Crippen LogP) is 3.09. The summed E-state index contributed by atoms with van der Waals surface area (Å²) in [6.45, 7) is 4.04. The maximum Gasteiger partial charge on any atom is 0.107 e. The number of anilines is 1. The molecule has 5 nitrogen and oxygen atoms in total. The van der Waals surface area contributed by atoms with E-state index >= 15 is 0 Å². The lowest BCUT2D eigenvalue weighted by molar-refractivity contribution is 0.0629. The van der Waals surface area contributed by atoms with E-state index in [1.165, 1.54) is 12.8 Å². The third-order valence-electron chi connectivity index (χ3n) is 3.99. The van der Waals surface area contributed by atoms with Gasteiger partial charge in [0.2, 0.25) is 0 Å². The highest BCUT2D eigenvalue weighted by atomic mass is 16.5. The summed E-state index contributed by atoms with van der Waals surface area (Å²) in [5.74, 6) is 0.756. The molecule has 5 heteroatoms. The van der Waals surface area contributed by atoms with E-state index in [-0.39, 0.29) is 0 Å². The first-order chi connectivity index (χ1) is 10.3. The smallest absolute Gasteiger partial charge is 0.107 e. The second-order valence-corrected chi connectivity index (χ2v) is 5.71. The van der Waals surface area contributed by atoms with Crippen LogP contribution in [-0.4, -0.2) is 34.4 Å². The van der Waals surface area contributed by atoms with Gasteiger partial charge in [-0.2, -0.15) is 5.10 Å². The van der Waals surface area contributed by atoms with Crippen LogP contribution in [0.2, 0.25) is 0 Å². The molecule has 3 heterocycles. The van der Waals surface area contributed by atoms with Gasteiger partial charge in [0.1, 0.15) is 5.69 Å². The first-order valence-corrected chi connectivity index (χ1v) is 7.62. The highest BCUT2D eigenvalue weighted by Gasteiger charge is 2.18. The summed E-state index contributed by atoms with van der Waals surface area (Å²) in [6, 6.07) is 6.30. The molecule has 1 saturated heterocycles. The normalized spacial score (nSPS) is 17.6. The van der Waals surface area contributed by atoms with Crippen LogP contribution in [-0.2, 0) is 4.74 Å². The van der Waals surface area contributed by atoms with Gasteiger partial charge in [-0.05, 0) is 44.2 Å². The zero-order valence-corrected chi connectivity index (χ0v) is 12.4. The fraction of sp³-hybridized carbons (Fsp3) is 0.500. The Bertz CT molecular complexity index is 548. The maximum absolute atomic E-state index is 5.42. The zero-order valence-electron chi connectivity index (χ0n) is 12.4. The Hall–Kier alpha value is -1.88. The fourth-order valence-corrected chi connectivity index (χ4v) is 2.91. The molecular formula is C16H22N4O. The average molecular weight is 286 g/mol. The molecule has 0 bridgehead atoms. The lowest BCUT2D eigenvalue weighted by Crippen LogP contribution is -2.24. The van der Waals surface area contributed by atoms with E-state index in [2.05, 4.69) is 27.4 Å². The van der Waals surface area contributed by atoms with Crippen molar-refractivity contribution in [3.05, 3.63) is 30.6 Å². The van der Waals surface area contributed by atoms with Crippen LogP contribution in [0.1, 0.15) is 26.2 Å². The van der Waals surface area contributed by atoms with E-state index in [1.54, 1.807) is 6.20 Å². The number of H-pyrrole nitrogens is 1. The molecule has 1 fully saturated rings. The van der Waals surface area contributed by atoms with Gasteiger partial charge < -0.3 is 10.1 Å². The topological polar surface area (TPSA) is 62.8 Å². The number of aromatic nitrogens is 3. The molecule has 2 aromatic heterocycles. The van der Waals surface area contributed by atoms with E-state index in [1.807, 2.05) is 24.4 Å². The summed E-state index contributed by atoms with van der Waals surface area (Å²) < 4.78 is 5.42. The third kappa shape index (κ3) is 3.61. The molecule has 1 aliphatic heterocycles. The summed E-state index contributed by atoms with van der Waals surface area (Å²) >= 11 is 0. The largest absolute Gasteiger partial charge is 0.381 e. The second-order valence-electron chi connectivity index (χ2n) is 5.71. The predicted molar refractivity (Wildman–Crippen MR) is 83.1 cm³/mol. The Balaban J connectivity index is 1.64. The third-order valence-corrected chi connectivity index (χ3v) is 3.99. The Morgan fingerprint density at radius 3 is 3.00 bits per heavy atom. The van der Waals surface area contributed by atoms with Crippen molar-refractivity contribution < 1.29 is 4.74 Å². The number of hydrogen-bond donors (Lipinski definition) is 2. The summed E-state index contributed by atoms with van der Waals surface area (Å²) in [6.07, 6.45) is 7.14. The molecule has 0 aromatic carbocycles. The number of ether oxygens (including phenoxy) is 1. The number of nitrogens with one attached hydrogen (secondary N) is 2.